The molecule has 0 spiro atoms. The van der Waals surface area contributed by atoms with E-state index >= 15 is 0 Å². The quantitative estimate of drug-likeness (QED) is 0.688. The first-order valence-corrected chi connectivity index (χ1v) is 7.89. The van der Waals surface area contributed by atoms with Crippen molar-refractivity contribution in [2.45, 2.75) is 37.9 Å². The van der Waals surface area contributed by atoms with Crippen LogP contribution < -0.4 is 16.4 Å². The number of halogens is 3. The van der Waals surface area contributed by atoms with E-state index in [1.807, 2.05) is 0 Å². The van der Waals surface area contributed by atoms with Crippen molar-refractivity contribution < 1.29 is 18.0 Å². The summed E-state index contributed by atoms with van der Waals surface area (Å²) in [5.74, 6) is -0.322. The number of carbonyl (C=O) groups excluding carboxylic acids is 1. The molecular weight excluding hydrogens is 297 g/mol. The van der Waals surface area contributed by atoms with Crippen LogP contribution in [-0.4, -0.2) is 62.3 Å². The molecule has 0 aromatic rings. The van der Waals surface area contributed by atoms with Crippen LogP contribution in [0, 0.1) is 5.41 Å². The van der Waals surface area contributed by atoms with Gasteiger partial charge in [0.15, 0.2) is 0 Å². The van der Waals surface area contributed by atoms with E-state index in [1.165, 1.54) is 4.90 Å². The molecule has 1 unspecified atom stereocenters. The minimum absolute atomic E-state index is 0.198. The number of rotatable bonds is 5. The molecule has 22 heavy (non-hydrogen) atoms. The largest absolute Gasteiger partial charge is 0.405 e. The number of alkyl halides is 3. The average Bonchev–Trinajstić information content (AvgIpc) is 2.97. The summed E-state index contributed by atoms with van der Waals surface area (Å²) in [6.07, 6.45) is -1.20. The maximum Gasteiger partial charge on any atom is 0.405 e. The Labute approximate surface area is 128 Å². The summed E-state index contributed by atoms with van der Waals surface area (Å²) in [6.45, 7) is 1.54. The first-order valence-electron chi connectivity index (χ1n) is 7.89. The van der Waals surface area contributed by atoms with Crippen molar-refractivity contribution in [2.24, 2.45) is 11.1 Å². The fraction of sp³-hybridized carbons (Fsp3) is 0.929. The lowest BCUT2D eigenvalue weighted by atomic mass is 9.85. The average molecular weight is 322 g/mol. The molecule has 2 fully saturated rings. The molecule has 128 valence electrons. The fourth-order valence-electron chi connectivity index (χ4n) is 3.40. The lowest BCUT2D eigenvalue weighted by Gasteiger charge is -2.36. The summed E-state index contributed by atoms with van der Waals surface area (Å²) in [6, 6.07) is -1.63. The molecule has 1 aliphatic heterocycles. The Morgan fingerprint density at radius 1 is 1.27 bits per heavy atom. The Hall–Kier alpha value is -0.860. The second-order valence-corrected chi connectivity index (χ2v) is 6.24. The van der Waals surface area contributed by atoms with Crippen molar-refractivity contribution in [3.63, 3.8) is 0 Å². The number of nitrogens with two attached hydrogens (primary N) is 1. The molecule has 0 aromatic carbocycles. The van der Waals surface area contributed by atoms with Gasteiger partial charge in [-0.25, -0.2) is 0 Å². The monoisotopic (exact) mass is 322 g/mol. The zero-order valence-corrected chi connectivity index (χ0v) is 12.7. The van der Waals surface area contributed by atoms with Crippen molar-refractivity contribution in [1.82, 2.24) is 15.5 Å². The molecule has 2 rings (SSSR count). The third-order valence-corrected chi connectivity index (χ3v) is 4.86. The standard InChI is InChI=1S/C14H25F3N4O/c15-14(16,17)11(21-7-5-19-6-8-21)9-20-12(22)13(10-18)3-1-2-4-13/h11,19H,1-10,18H2,(H,20,22). The molecule has 1 heterocycles. The lowest BCUT2D eigenvalue weighted by Crippen LogP contribution is -2.58. The van der Waals surface area contributed by atoms with Crippen LogP contribution in [0.3, 0.4) is 0 Å². The molecule has 0 bridgehead atoms. The maximum atomic E-state index is 13.3. The molecule has 8 heteroatoms. The van der Waals surface area contributed by atoms with Crippen molar-refractivity contribution >= 4 is 5.91 Å². The highest BCUT2D eigenvalue weighted by Gasteiger charge is 2.45. The predicted molar refractivity (Wildman–Crippen MR) is 77.3 cm³/mol. The van der Waals surface area contributed by atoms with E-state index < -0.39 is 24.2 Å². The third-order valence-electron chi connectivity index (χ3n) is 4.86. The summed E-state index contributed by atoms with van der Waals surface area (Å²) < 4.78 is 39.8. The summed E-state index contributed by atoms with van der Waals surface area (Å²) in [5, 5.41) is 5.55. The van der Waals surface area contributed by atoms with Gasteiger partial charge in [0.1, 0.15) is 6.04 Å². The smallest absolute Gasteiger partial charge is 0.354 e. The molecule has 1 atom stereocenters. The number of carbonyl (C=O) groups is 1. The Balaban J connectivity index is 1.97. The van der Waals surface area contributed by atoms with Crippen LogP contribution in [0.5, 0.6) is 0 Å². The summed E-state index contributed by atoms with van der Waals surface area (Å²) in [5.41, 5.74) is 5.04. The molecular formula is C14H25F3N4O. The molecule has 2 aliphatic rings. The van der Waals surface area contributed by atoms with Crippen molar-refractivity contribution in [3.8, 4) is 0 Å². The highest BCUT2D eigenvalue weighted by atomic mass is 19.4. The second kappa shape index (κ2) is 7.14. The van der Waals surface area contributed by atoms with Gasteiger partial charge in [-0.3, -0.25) is 9.69 Å². The molecule has 1 aliphatic carbocycles. The number of piperazine rings is 1. The van der Waals surface area contributed by atoms with Gasteiger partial charge in [-0.05, 0) is 12.8 Å². The second-order valence-electron chi connectivity index (χ2n) is 6.24. The van der Waals surface area contributed by atoms with Gasteiger partial charge in [0.05, 0.1) is 5.41 Å². The normalized spacial score (nSPS) is 24.2. The summed E-state index contributed by atoms with van der Waals surface area (Å²) in [7, 11) is 0. The van der Waals surface area contributed by atoms with E-state index in [2.05, 4.69) is 10.6 Å². The van der Waals surface area contributed by atoms with E-state index in [9.17, 15) is 18.0 Å². The van der Waals surface area contributed by atoms with E-state index in [1.54, 1.807) is 0 Å². The van der Waals surface area contributed by atoms with E-state index in [0.717, 1.165) is 12.8 Å². The minimum Gasteiger partial charge on any atom is -0.354 e. The van der Waals surface area contributed by atoms with Gasteiger partial charge in [0.2, 0.25) is 5.91 Å². The molecule has 5 nitrogen and oxygen atoms in total. The highest BCUT2D eigenvalue weighted by Crippen LogP contribution is 2.37. The highest BCUT2D eigenvalue weighted by molar-refractivity contribution is 5.83. The lowest BCUT2D eigenvalue weighted by molar-refractivity contribution is -0.184. The van der Waals surface area contributed by atoms with Gasteiger partial charge >= 0.3 is 6.18 Å². The van der Waals surface area contributed by atoms with Crippen LogP contribution in [-0.2, 0) is 4.79 Å². The number of amides is 1. The molecule has 1 saturated carbocycles. The van der Waals surface area contributed by atoms with Gasteiger partial charge in [-0.1, -0.05) is 12.8 Å². The van der Waals surface area contributed by atoms with E-state index in [4.69, 9.17) is 5.73 Å². The SMILES string of the molecule is NCC1(C(=O)NCC(N2CCNCC2)C(F)(F)F)CCCC1. The van der Waals surface area contributed by atoms with Crippen molar-refractivity contribution in [2.75, 3.05) is 39.3 Å². The predicted octanol–water partition coefficient (Wildman–Crippen LogP) is 0.458. The third kappa shape index (κ3) is 3.91. The Morgan fingerprint density at radius 2 is 1.86 bits per heavy atom. The van der Waals surface area contributed by atoms with Crippen LogP contribution >= 0.6 is 0 Å². The van der Waals surface area contributed by atoms with Gasteiger partial charge in [-0.2, -0.15) is 13.2 Å². The first kappa shape index (κ1) is 17.5. The zero-order valence-electron chi connectivity index (χ0n) is 12.7. The minimum atomic E-state index is -4.35. The number of nitrogens with one attached hydrogen (secondary N) is 2. The zero-order chi connectivity index (χ0) is 16.2. The Bertz CT molecular complexity index is 377. The van der Waals surface area contributed by atoms with Crippen LogP contribution in [0.25, 0.3) is 0 Å². The van der Waals surface area contributed by atoms with Crippen LogP contribution in [0.1, 0.15) is 25.7 Å². The molecule has 1 amide bonds. The number of hydrogen-bond acceptors (Lipinski definition) is 4. The number of nitrogens with zero attached hydrogens (tertiary/aromatic N) is 1. The topological polar surface area (TPSA) is 70.4 Å². The van der Waals surface area contributed by atoms with Crippen LogP contribution in [0.2, 0.25) is 0 Å². The Kier molecular flexibility index (Phi) is 5.68. The van der Waals surface area contributed by atoms with Gasteiger partial charge < -0.3 is 16.4 Å². The van der Waals surface area contributed by atoms with Gasteiger partial charge in [0, 0.05) is 39.3 Å². The fourth-order valence-corrected chi connectivity index (χ4v) is 3.40. The molecule has 1 saturated heterocycles. The molecule has 0 radical (unpaired) electrons. The van der Waals surface area contributed by atoms with Crippen molar-refractivity contribution in [1.29, 1.82) is 0 Å². The Morgan fingerprint density at radius 3 is 2.36 bits per heavy atom. The van der Waals surface area contributed by atoms with Crippen molar-refractivity contribution in [3.05, 3.63) is 0 Å². The van der Waals surface area contributed by atoms with E-state index in [0.29, 0.717) is 39.0 Å². The van der Waals surface area contributed by atoms with Crippen LogP contribution in [0.15, 0.2) is 0 Å². The van der Waals surface area contributed by atoms with Gasteiger partial charge in [-0.15, -0.1) is 0 Å². The molecule has 0 aromatic heterocycles. The van der Waals surface area contributed by atoms with Crippen LogP contribution in [0.4, 0.5) is 13.2 Å². The maximum absolute atomic E-state index is 13.3. The summed E-state index contributed by atoms with van der Waals surface area (Å²) >= 11 is 0. The van der Waals surface area contributed by atoms with E-state index in [-0.39, 0.29) is 12.5 Å². The van der Waals surface area contributed by atoms with Gasteiger partial charge in [0.25, 0.3) is 0 Å². The molecule has 4 N–H and O–H groups in total. The first-order chi connectivity index (χ1) is 10.4. The summed E-state index contributed by atoms with van der Waals surface area (Å²) in [4.78, 5) is 13.7. The number of hydrogen-bond donors (Lipinski definition) is 3.